The van der Waals surface area contributed by atoms with Gasteiger partial charge in [-0.15, -0.1) is 20.3 Å². The van der Waals surface area contributed by atoms with E-state index in [9.17, 15) is 0 Å². The van der Waals surface area contributed by atoms with Crippen molar-refractivity contribution in [3.05, 3.63) is 34.4 Å². The molecular formula is C7H9N5O4. The van der Waals surface area contributed by atoms with Gasteiger partial charge in [-0.1, -0.05) is 0 Å². The van der Waals surface area contributed by atoms with E-state index < -0.39 is 5.09 Å². The SMILES string of the molecule is N=C(N)N=Nc1ccc(O)cc1.O=[N+]([O-])O. The number of phenolic OH excluding ortho intramolecular Hbond substituents is 1. The highest BCUT2D eigenvalue weighted by molar-refractivity contribution is 5.74. The number of hydrogen-bond acceptors (Lipinski definition) is 5. The molecule has 0 amide bonds. The summed E-state index contributed by atoms with van der Waals surface area (Å²) in [6.45, 7) is 0. The van der Waals surface area contributed by atoms with Crippen molar-refractivity contribution in [2.24, 2.45) is 16.0 Å². The number of nitrogens with zero attached hydrogens (tertiary/aromatic N) is 3. The highest BCUT2D eigenvalue weighted by Crippen LogP contribution is 2.16. The standard InChI is InChI=1S/C7H8N4O.HNO3/c8-7(9)11-10-5-1-3-6(12)4-2-5;2-1(3)4/h1-4,12H,(H3,8,9);(H,2,3,4). The molecule has 0 atom stereocenters. The summed E-state index contributed by atoms with van der Waals surface area (Å²) in [6.07, 6.45) is 0. The van der Waals surface area contributed by atoms with Gasteiger partial charge >= 0.3 is 0 Å². The van der Waals surface area contributed by atoms with Crippen LogP contribution in [0.4, 0.5) is 5.69 Å². The van der Waals surface area contributed by atoms with Crippen molar-refractivity contribution in [2.75, 3.05) is 0 Å². The van der Waals surface area contributed by atoms with Crippen LogP contribution in [-0.2, 0) is 0 Å². The van der Waals surface area contributed by atoms with E-state index in [2.05, 4.69) is 10.2 Å². The summed E-state index contributed by atoms with van der Waals surface area (Å²) in [5.74, 6) is -0.181. The Kier molecular flexibility index (Phi) is 5.57. The molecule has 0 aliphatic heterocycles. The number of nitrogens with two attached hydrogens (primary N) is 1. The Balaban J connectivity index is 0.000000487. The van der Waals surface area contributed by atoms with E-state index in [0.717, 1.165) is 0 Å². The zero-order valence-electron chi connectivity index (χ0n) is 7.94. The van der Waals surface area contributed by atoms with Crippen molar-refractivity contribution in [1.82, 2.24) is 0 Å². The lowest BCUT2D eigenvalue weighted by atomic mass is 10.3. The smallest absolute Gasteiger partial charge is 0.291 e. The molecule has 16 heavy (non-hydrogen) atoms. The van der Waals surface area contributed by atoms with Crippen molar-refractivity contribution in [2.45, 2.75) is 0 Å². The maximum atomic E-state index is 8.89. The van der Waals surface area contributed by atoms with E-state index in [1.54, 1.807) is 12.1 Å². The topological polar surface area (TPSA) is 158 Å². The second-order valence-corrected chi connectivity index (χ2v) is 2.34. The van der Waals surface area contributed by atoms with Gasteiger partial charge in [0, 0.05) is 0 Å². The lowest BCUT2D eigenvalue weighted by molar-refractivity contribution is -0.742. The molecule has 0 saturated heterocycles. The van der Waals surface area contributed by atoms with Gasteiger partial charge < -0.3 is 16.0 Å². The minimum atomic E-state index is -1.50. The monoisotopic (exact) mass is 227 g/mol. The van der Waals surface area contributed by atoms with Gasteiger partial charge in [0.1, 0.15) is 5.75 Å². The summed E-state index contributed by atoms with van der Waals surface area (Å²) in [6, 6.07) is 6.10. The van der Waals surface area contributed by atoms with Crippen molar-refractivity contribution in [1.29, 1.82) is 5.41 Å². The molecule has 9 heteroatoms. The van der Waals surface area contributed by atoms with Crippen molar-refractivity contribution < 1.29 is 15.4 Å². The zero-order chi connectivity index (χ0) is 12.6. The van der Waals surface area contributed by atoms with E-state index in [1.165, 1.54) is 12.1 Å². The quantitative estimate of drug-likeness (QED) is 0.185. The molecular weight excluding hydrogens is 218 g/mol. The third-order valence-electron chi connectivity index (χ3n) is 1.12. The van der Waals surface area contributed by atoms with Crippen LogP contribution >= 0.6 is 0 Å². The molecule has 1 aromatic carbocycles. The van der Waals surface area contributed by atoms with Gasteiger partial charge in [-0.25, -0.2) is 0 Å². The van der Waals surface area contributed by atoms with Gasteiger partial charge in [-0.3, -0.25) is 5.41 Å². The second kappa shape index (κ2) is 6.70. The molecule has 0 heterocycles. The van der Waals surface area contributed by atoms with Crippen LogP contribution in [-0.4, -0.2) is 21.4 Å². The predicted molar refractivity (Wildman–Crippen MR) is 53.3 cm³/mol. The van der Waals surface area contributed by atoms with Crippen LogP contribution < -0.4 is 5.73 Å². The van der Waals surface area contributed by atoms with Gasteiger partial charge in [-0.2, -0.15) is 0 Å². The molecule has 5 N–H and O–H groups in total. The highest BCUT2D eigenvalue weighted by atomic mass is 16.9. The number of phenols is 1. The number of guanidine groups is 1. The first kappa shape index (κ1) is 13.3. The first-order valence-electron chi connectivity index (χ1n) is 3.80. The van der Waals surface area contributed by atoms with Gasteiger partial charge in [0.2, 0.25) is 5.96 Å². The van der Waals surface area contributed by atoms with Crippen molar-refractivity contribution >= 4 is 11.6 Å². The predicted octanol–water partition coefficient (Wildman–Crippen LogP) is 1.02. The van der Waals surface area contributed by atoms with E-state index in [1.807, 2.05) is 0 Å². The lowest BCUT2D eigenvalue weighted by Crippen LogP contribution is -2.03. The van der Waals surface area contributed by atoms with Crippen LogP contribution in [0.2, 0.25) is 0 Å². The largest absolute Gasteiger partial charge is 0.508 e. The molecule has 0 saturated carbocycles. The molecule has 0 unspecified atom stereocenters. The summed E-state index contributed by atoms with van der Waals surface area (Å²) < 4.78 is 0. The molecule has 0 bridgehead atoms. The Labute approximate surface area is 89.5 Å². The summed E-state index contributed by atoms with van der Waals surface area (Å²) in [5.41, 5.74) is 5.49. The van der Waals surface area contributed by atoms with E-state index in [4.69, 9.17) is 31.6 Å². The Hall–Kier alpha value is -2.71. The fourth-order valence-corrected chi connectivity index (χ4v) is 0.631. The summed E-state index contributed by atoms with van der Waals surface area (Å²) in [4.78, 5) is 8.36. The number of nitrogens with one attached hydrogen (secondary N) is 1. The number of hydrogen-bond donors (Lipinski definition) is 4. The molecule has 0 aliphatic carbocycles. The summed E-state index contributed by atoms with van der Waals surface area (Å²) in [7, 11) is 0. The van der Waals surface area contributed by atoms with Gasteiger partial charge in [-0.05, 0) is 24.3 Å². The van der Waals surface area contributed by atoms with Crippen LogP contribution in [0.5, 0.6) is 5.75 Å². The average Bonchev–Trinajstić information content (AvgIpc) is 2.16. The summed E-state index contributed by atoms with van der Waals surface area (Å²) >= 11 is 0. The van der Waals surface area contributed by atoms with Crippen molar-refractivity contribution in [3.63, 3.8) is 0 Å². The third kappa shape index (κ3) is 7.91. The molecule has 0 radical (unpaired) electrons. The van der Waals surface area contributed by atoms with E-state index in [-0.39, 0.29) is 11.7 Å². The molecule has 0 aromatic heterocycles. The van der Waals surface area contributed by atoms with Crippen LogP contribution in [0.15, 0.2) is 34.5 Å². The Bertz CT molecular complexity index is 384. The molecule has 0 spiro atoms. The maximum absolute atomic E-state index is 8.89. The van der Waals surface area contributed by atoms with E-state index >= 15 is 0 Å². The van der Waals surface area contributed by atoms with E-state index in [0.29, 0.717) is 5.69 Å². The normalized spacial score (nSPS) is 9.25. The fraction of sp³-hybridized carbons (Fsp3) is 0. The molecule has 1 aromatic rings. The minimum absolute atomic E-state index is 0.164. The number of benzene rings is 1. The van der Waals surface area contributed by atoms with Crippen LogP contribution in [0.25, 0.3) is 0 Å². The molecule has 1 rings (SSSR count). The Morgan fingerprint density at radius 3 is 2.25 bits per heavy atom. The van der Waals surface area contributed by atoms with Crippen LogP contribution in [0.3, 0.4) is 0 Å². The average molecular weight is 227 g/mol. The molecule has 9 nitrogen and oxygen atoms in total. The Morgan fingerprint density at radius 2 is 1.88 bits per heavy atom. The zero-order valence-corrected chi connectivity index (χ0v) is 7.94. The lowest BCUT2D eigenvalue weighted by Gasteiger charge is -1.91. The fourth-order valence-electron chi connectivity index (χ4n) is 0.631. The third-order valence-corrected chi connectivity index (χ3v) is 1.12. The number of azo groups is 1. The first-order valence-corrected chi connectivity index (χ1v) is 3.80. The van der Waals surface area contributed by atoms with Crippen LogP contribution in [0, 0.1) is 15.5 Å². The Morgan fingerprint density at radius 1 is 1.44 bits per heavy atom. The van der Waals surface area contributed by atoms with Gasteiger partial charge in [0.15, 0.2) is 0 Å². The highest BCUT2D eigenvalue weighted by Gasteiger charge is 1.89. The van der Waals surface area contributed by atoms with Crippen molar-refractivity contribution in [3.8, 4) is 5.75 Å². The first-order chi connectivity index (χ1) is 7.41. The molecule has 0 fully saturated rings. The minimum Gasteiger partial charge on any atom is -0.508 e. The second-order valence-electron chi connectivity index (χ2n) is 2.34. The molecule has 0 aliphatic rings. The molecule has 86 valence electrons. The van der Waals surface area contributed by atoms with Crippen LogP contribution in [0.1, 0.15) is 0 Å². The van der Waals surface area contributed by atoms with Gasteiger partial charge in [0.05, 0.1) is 5.69 Å². The number of aromatic hydroxyl groups is 1. The maximum Gasteiger partial charge on any atom is 0.291 e. The summed E-state index contributed by atoms with van der Waals surface area (Å²) in [5, 5.41) is 36.2. The van der Waals surface area contributed by atoms with Gasteiger partial charge in [0.25, 0.3) is 5.09 Å². The number of rotatable bonds is 1.